The summed E-state index contributed by atoms with van der Waals surface area (Å²) in [6.07, 6.45) is 1.78. The molecule has 2 heterocycles. The largest absolute Gasteiger partial charge is 0.493 e. The zero-order valence-corrected chi connectivity index (χ0v) is 17.2. The SMILES string of the molecule is CCN(c1ccccc1)c1nc(N)nc2ncc(-c3ccc(OC)c(OC)c3)cc12. The monoisotopic (exact) mass is 401 g/mol. The van der Waals surface area contributed by atoms with Crippen LogP contribution < -0.4 is 20.1 Å². The van der Waals surface area contributed by atoms with Crippen LogP contribution in [0.4, 0.5) is 17.5 Å². The molecule has 152 valence electrons. The minimum absolute atomic E-state index is 0.193. The van der Waals surface area contributed by atoms with Gasteiger partial charge in [0.05, 0.1) is 19.6 Å². The van der Waals surface area contributed by atoms with Crippen molar-refractivity contribution in [1.29, 1.82) is 0 Å². The molecule has 0 saturated heterocycles. The van der Waals surface area contributed by atoms with Gasteiger partial charge in [0.2, 0.25) is 5.95 Å². The molecule has 2 N–H and O–H groups in total. The molecule has 2 aromatic carbocycles. The van der Waals surface area contributed by atoms with Gasteiger partial charge in [-0.1, -0.05) is 24.3 Å². The highest BCUT2D eigenvalue weighted by Crippen LogP contribution is 2.35. The number of ether oxygens (including phenoxy) is 2. The van der Waals surface area contributed by atoms with Crippen molar-refractivity contribution in [3.8, 4) is 22.6 Å². The first-order valence-electron chi connectivity index (χ1n) is 9.62. The average molecular weight is 401 g/mol. The molecule has 7 nitrogen and oxygen atoms in total. The van der Waals surface area contributed by atoms with Gasteiger partial charge in [-0.2, -0.15) is 9.97 Å². The highest BCUT2D eigenvalue weighted by Gasteiger charge is 2.16. The van der Waals surface area contributed by atoms with Gasteiger partial charge in [-0.25, -0.2) is 4.98 Å². The fourth-order valence-electron chi connectivity index (χ4n) is 3.46. The number of hydrogen-bond donors (Lipinski definition) is 1. The molecule has 7 heteroatoms. The summed E-state index contributed by atoms with van der Waals surface area (Å²) in [5, 5.41) is 0.821. The molecule has 0 saturated carbocycles. The third-order valence-corrected chi connectivity index (χ3v) is 4.91. The molecule has 0 fully saturated rings. The summed E-state index contributed by atoms with van der Waals surface area (Å²) in [5.41, 5.74) is 9.44. The Labute approximate surface area is 175 Å². The number of anilines is 3. The summed E-state index contributed by atoms with van der Waals surface area (Å²) in [7, 11) is 3.24. The number of nitrogens with zero attached hydrogens (tertiary/aromatic N) is 4. The van der Waals surface area contributed by atoms with Gasteiger partial charge in [0, 0.05) is 24.0 Å². The van der Waals surface area contributed by atoms with Crippen LogP contribution in [0.1, 0.15) is 6.92 Å². The van der Waals surface area contributed by atoms with Crippen molar-refractivity contribution in [2.24, 2.45) is 0 Å². The number of rotatable bonds is 6. The number of fused-ring (bicyclic) bond motifs is 1. The van der Waals surface area contributed by atoms with Gasteiger partial charge < -0.3 is 20.1 Å². The fourth-order valence-corrected chi connectivity index (χ4v) is 3.46. The third kappa shape index (κ3) is 3.57. The Morgan fingerprint density at radius 1 is 0.900 bits per heavy atom. The zero-order valence-electron chi connectivity index (χ0n) is 17.2. The van der Waals surface area contributed by atoms with Crippen molar-refractivity contribution in [1.82, 2.24) is 15.0 Å². The van der Waals surface area contributed by atoms with Crippen LogP contribution in [0.5, 0.6) is 11.5 Å². The van der Waals surface area contributed by atoms with Crippen molar-refractivity contribution >= 4 is 28.5 Å². The molecule has 4 rings (SSSR count). The van der Waals surface area contributed by atoms with Crippen molar-refractivity contribution in [3.05, 3.63) is 60.8 Å². The van der Waals surface area contributed by atoms with E-state index in [1.54, 1.807) is 20.4 Å². The van der Waals surface area contributed by atoms with E-state index in [0.29, 0.717) is 17.1 Å². The van der Waals surface area contributed by atoms with Gasteiger partial charge >= 0.3 is 0 Å². The first-order valence-corrected chi connectivity index (χ1v) is 9.62. The molecule has 0 aliphatic carbocycles. The van der Waals surface area contributed by atoms with E-state index in [0.717, 1.165) is 34.6 Å². The number of pyridine rings is 1. The summed E-state index contributed by atoms with van der Waals surface area (Å²) in [4.78, 5) is 15.5. The van der Waals surface area contributed by atoms with E-state index >= 15 is 0 Å². The number of benzene rings is 2. The van der Waals surface area contributed by atoms with Gasteiger partial charge in [0.15, 0.2) is 17.1 Å². The molecule has 30 heavy (non-hydrogen) atoms. The maximum Gasteiger partial charge on any atom is 0.224 e. The van der Waals surface area contributed by atoms with E-state index < -0.39 is 0 Å². The smallest absolute Gasteiger partial charge is 0.224 e. The second-order valence-corrected chi connectivity index (χ2v) is 6.65. The Morgan fingerprint density at radius 3 is 2.37 bits per heavy atom. The maximum atomic E-state index is 5.99. The lowest BCUT2D eigenvalue weighted by atomic mass is 10.1. The number of nitrogens with two attached hydrogens (primary N) is 1. The van der Waals surface area contributed by atoms with E-state index in [-0.39, 0.29) is 5.95 Å². The van der Waals surface area contributed by atoms with Crippen LogP contribution in [0.15, 0.2) is 60.8 Å². The molecule has 2 aromatic heterocycles. The van der Waals surface area contributed by atoms with Crippen LogP contribution in [0.2, 0.25) is 0 Å². The van der Waals surface area contributed by atoms with Crippen molar-refractivity contribution in [2.45, 2.75) is 6.92 Å². The number of para-hydroxylation sites is 1. The Morgan fingerprint density at radius 2 is 1.67 bits per heavy atom. The van der Waals surface area contributed by atoms with Gasteiger partial charge in [-0.15, -0.1) is 0 Å². The van der Waals surface area contributed by atoms with Crippen LogP contribution in [0, 0.1) is 0 Å². The quantitative estimate of drug-likeness (QED) is 0.511. The molecular weight excluding hydrogens is 378 g/mol. The first kappa shape index (κ1) is 19.4. The fraction of sp³-hybridized carbons (Fsp3) is 0.174. The third-order valence-electron chi connectivity index (χ3n) is 4.91. The number of aromatic nitrogens is 3. The molecular formula is C23H23N5O2. The molecule has 0 bridgehead atoms. The second kappa shape index (κ2) is 8.24. The maximum absolute atomic E-state index is 5.99. The van der Waals surface area contributed by atoms with E-state index in [1.165, 1.54) is 0 Å². The van der Waals surface area contributed by atoms with E-state index in [9.17, 15) is 0 Å². The van der Waals surface area contributed by atoms with Gasteiger partial charge in [0.1, 0.15) is 5.82 Å². The minimum Gasteiger partial charge on any atom is -0.493 e. The normalized spacial score (nSPS) is 10.8. The van der Waals surface area contributed by atoms with Crippen molar-refractivity contribution < 1.29 is 9.47 Å². The zero-order chi connectivity index (χ0) is 21.1. The standard InChI is InChI=1S/C23H23N5O2/c1-4-28(17-8-6-5-7-9-17)22-18-12-16(14-25-21(18)26-23(24)27-22)15-10-11-19(29-2)20(13-15)30-3/h5-14H,4H2,1-3H3,(H2,24,25,26,27). The predicted molar refractivity (Wildman–Crippen MR) is 119 cm³/mol. The Hall–Kier alpha value is -3.87. The van der Waals surface area contributed by atoms with Crippen LogP contribution in [0.25, 0.3) is 22.2 Å². The van der Waals surface area contributed by atoms with Gasteiger partial charge in [-0.05, 0) is 42.8 Å². The van der Waals surface area contributed by atoms with Crippen molar-refractivity contribution in [2.75, 3.05) is 31.4 Å². The number of nitrogen functional groups attached to an aromatic ring is 1. The predicted octanol–water partition coefficient (Wildman–Crippen LogP) is 4.45. The van der Waals surface area contributed by atoms with Crippen LogP contribution in [0.3, 0.4) is 0 Å². The summed E-state index contributed by atoms with van der Waals surface area (Å²) in [6.45, 7) is 2.79. The van der Waals surface area contributed by atoms with Crippen LogP contribution in [-0.2, 0) is 0 Å². The van der Waals surface area contributed by atoms with Crippen LogP contribution >= 0.6 is 0 Å². The van der Waals surface area contributed by atoms with Crippen LogP contribution in [-0.4, -0.2) is 35.7 Å². The average Bonchev–Trinajstić information content (AvgIpc) is 2.79. The Kier molecular flexibility index (Phi) is 5.34. The molecule has 0 radical (unpaired) electrons. The lowest BCUT2D eigenvalue weighted by Crippen LogP contribution is -2.18. The Balaban J connectivity index is 1.88. The van der Waals surface area contributed by atoms with Crippen molar-refractivity contribution in [3.63, 3.8) is 0 Å². The minimum atomic E-state index is 0.193. The summed E-state index contributed by atoms with van der Waals surface area (Å²) in [5.74, 6) is 2.25. The summed E-state index contributed by atoms with van der Waals surface area (Å²) >= 11 is 0. The molecule has 0 amide bonds. The molecule has 0 unspecified atom stereocenters. The highest BCUT2D eigenvalue weighted by molar-refractivity contribution is 5.93. The van der Waals surface area contributed by atoms with Gasteiger partial charge in [0.25, 0.3) is 0 Å². The van der Waals surface area contributed by atoms with E-state index in [4.69, 9.17) is 15.2 Å². The second-order valence-electron chi connectivity index (χ2n) is 6.65. The Bertz CT molecular complexity index is 1180. The summed E-state index contributed by atoms with van der Waals surface area (Å²) < 4.78 is 10.8. The highest BCUT2D eigenvalue weighted by atomic mass is 16.5. The lowest BCUT2D eigenvalue weighted by Gasteiger charge is -2.23. The molecule has 0 aliphatic rings. The van der Waals surface area contributed by atoms with E-state index in [2.05, 4.69) is 26.8 Å². The first-order chi connectivity index (χ1) is 14.6. The van der Waals surface area contributed by atoms with E-state index in [1.807, 2.05) is 54.6 Å². The molecule has 0 aliphatic heterocycles. The lowest BCUT2D eigenvalue weighted by molar-refractivity contribution is 0.355. The van der Waals surface area contributed by atoms with Gasteiger partial charge in [-0.3, -0.25) is 0 Å². The molecule has 4 aromatic rings. The topological polar surface area (TPSA) is 86.4 Å². The number of hydrogen-bond acceptors (Lipinski definition) is 7. The summed E-state index contributed by atoms with van der Waals surface area (Å²) in [6, 6.07) is 17.9. The number of methoxy groups -OCH3 is 2. The molecule has 0 atom stereocenters. The molecule has 0 spiro atoms.